The average Bonchev–Trinajstić information content (AvgIpc) is 3.31. The topological polar surface area (TPSA) is 193 Å². The summed E-state index contributed by atoms with van der Waals surface area (Å²) in [5.41, 5.74) is 7.78. The monoisotopic (exact) mass is 948 g/mol. The molecule has 0 bridgehead atoms. The van der Waals surface area contributed by atoms with E-state index in [9.17, 15) is 40.9 Å². The fourth-order valence-electron chi connectivity index (χ4n) is 5.84. The molecule has 0 aromatic heterocycles. The van der Waals surface area contributed by atoms with E-state index in [-0.39, 0.29) is 6.10 Å². The zero-order valence-corrected chi connectivity index (χ0v) is 42.0. The number of hydrogen-bond acceptors (Lipinski definition) is 13. The first-order valence-electron chi connectivity index (χ1n) is 22.6. The lowest BCUT2D eigenvalue weighted by Crippen LogP contribution is -2.64. The summed E-state index contributed by atoms with van der Waals surface area (Å²) in [6.07, 6.45) is 4.24. The Labute approximate surface area is 397 Å². The number of para-hydroxylation sites is 1. The normalized spacial score (nSPS) is 26.1. The lowest BCUT2D eigenvalue weighted by molar-refractivity contribution is -0.341. The van der Waals surface area contributed by atoms with E-state index in [0.29, 0.717) is 5.75 Å². The first-order chi connectivity index (χ1) is 31.2. The van der Waals surface area contributed by atoms with Crippen molar-refractivity contribution in [1.82, 2.24) is 0 Å². The molecule has 3 saturated heterocycles. The molecule has 2 aromatic rings. The largest absolute Gasteiger partial charge is 0.394 e. The molecule has 0 radical (unpaired) electrons. The molecule has 0 saturated carbocycles. The number of thioether (sulfide) groups is 1. The van der Waals surface area contributed by atoms with Crippen molar-refractivity contribution in [2.75, 3.05) is 43.2 Å². The standard InChI is InChI=1S/C14H26O10S.C11H16.C9H11N.C9H13OP.C6H10.C2H6/c1-25-4-7-9(18)11(20)13(6(3-16)22-7)24-14-12(21)10(19)8(17)5(2-15)23-14;1-5-10(3)8-7-9-11(4)6-2;1-2-5-9(6-3-1)10-7-4-8-10;1-2-9(10)7-3-5-8(11)6-4-7;1-3-5-6-4-2;1-2/h5-21H,2-4H2,1H3;6,8-9H,3,5H2,1-2,4H3;1-3,5-6H,4,7-8H2;3-6,9-10H,2,11H2,1H3;3,5-6H,1,4H2,2H3;1-2H3/b;11-6-;;;6-5-;. The predicted octanol–water partition coefficient (Wildman–Crippen LogP) is 6.34. The van der Waals surface area contributed by atoms with Crippen LogP contribution >= 0.6 is 21.0 Å². The Morgan fingerprint density at radius 3 is 1.94 bits per heavy atom. The zero-order valence-electron chi connectivity index (χ0n) is 40.0. The summed E-state index contributed by atoms with van der Waals surface area (Å²) in [6, 6.07) is 18.5. The van der Waals surface area contributed by atoms with Crippen LogP contribution in [0.5, 0.6) is 0 Å². The summed E-state index contributed by atoms with van der Waals surface area (Å²) in [4.78, 5) is 2.39. The molecule has 8 N–H and O–H groups in total. The molecule has 3 aliphatic heterocycles. The average molecular weight is 948 g/mol. The minimum atomic E-state index is -1.66. The number of aliphatic hydroxyl groups is 8. The van der Waals surface area contributed by atoms with Crippen LogP contribution in [-0.2, 0) is 14.2 Å². The van der Waals surface area contributed by atoms with E-state index < -0.39 is 74.4 Å². The van der Waals surface area contributed by atoms with E-state index >= 15 is 0 Å². The number of hydrogen-bond donors (Lipinski definition) is 8. The molecule has 3 fully saturated rings. The van der Waals surface area contributed by atoms with Gasteiger partial charge in [-0.25, -0.2) is 0 Å². The van der Waals surface area contributed by atoms with Gasteiger partial charge in [0.2, 0.25) is 0 Å². The van der Waals surface area contributed by atoms with Gasteiger partial charge in [-0.1, -0.05) is 115 Å². The van der Waals surface area contributed by atoms with Crippen molar-refractivity contribution in [2.45, 2.75) is 141 Å². The van der Waals surface area contributed by atoms with Gasteiger partial charge in [-0.15, -0.1) is 15.0 Å². The van der Waals surface area contributed by atoms with Gasteiger partial charge in [0, 0.05) is 24.5 Å². The van der Waals surface area contributed by atoms with E-state index in [0.717, 1.165) is 35.7 Å². The number of rotatable bonds is 14. The fourth-order valence-corrected chi connectivity index (χ4v) is 6.64. The lowest BCUT2D eigenvalue weighted by atomic mass is 9.95. The molecule has 0 amide bonds. The number of ether oxygens (including phenoxy) is 3. The molecule has 12 unspecified atom stereocenters. The van der Waals surface area contributed by atoms with E-state index in [2.05, 4.69) is 96.3 Å². The Hall–Kier alpha value is -2.94. The molecule has 0 aliphatic carbocycles. The minimum absolute atomic E-state index is 0.305. The number of anilines is 1. The molecule has 3 heterocycles. The van der Waals surface area contributed by atoms with Crippen LogP contribution in [0.1, 0.15) is 85.8 Å². The lowest BCUT2D eigenvalue weighted by Gasteiger charge is -2.46. The van der Waals surface area contributed by atoms with Crippen molar-refractivity contribution < 1.29 is 55.1 Å². The van der Waals surface area contributed by atoms with Crippen molar-refractivity contribution in [1.29, 1.82) is 0 Å². The van der Waals surface area contributed by atoms with E-state index in [1.165, 1.54) is 42.5 Å². The maximum absolute atomic E-state index is 10.3. The van der Waals surface area contributed by atoms with Crippen LogP contribution < -0.4 is 10.2 Å². The second-order valence-corrected chi connectivity index (χ2v) is 16.5. The van der Waals surface area contributed by atoms with Crippen LogP contribution in [0, 0.1) is 0 Å². The van der Waals surface area contributed by atoms with Gasteiger partial charge in [-0.3, -0.25) is 0 Å². The number of aliphatic hydroxyl groups excluding tert-OH is 8. The highest BCUT2D eigenvalue weighted by Crippen LogP contribution is 2.30. The molecule has 368 valence electrons. The van der Waals surface area contributed by atoms with Crippen LogP contribution in [0.2, 0.25) is 0 Å². The second kappa shape index (κ2) is 37.1. The van der Waals surface area contributed by atoms with Crippen molar-refractivity contribution in [3.05, 3.63) is 127 Å². The summed E-state index contributed by atoms with van der Waals surface area (Å²) < 4.78 is 16.2. The molecular weight excluding hydrogens is 866 g/mol. The minimum Gasteiger partial charge on any atom is -0.394 e. The zero-order chi connectivity index (χ0) is 49.3. The Morgan fingerprint density at radius 1 is 0.877 bits per heavy atom. The third-order valence-corrected chi connectivity index (χ3v) is 11.2. The molecule has 14 heteroatoms. The number of nitrogens with zero attached hydrogens (tertiary/aromatic N) is 1. The van der Waals surface area contributed by atoms with E-state index in [4.69, 9.17) is 14.2 Å². The predicted molar refractivity (Wildman–Crippen MR) is 272 cm³/mol. The van der Waals surface area contributed by atoms with Gasteiger partial charge in [0.25, 0.3) is 0 Å². The third kappa shape index (κ3) is 23.6. The van der Waals surface area contributed by atoms with Crippen LogP contribution in [0.3, 0.4) is 0 Å². The van der Waals surface area contributed by atoms with E-state index in [1.54, 1.807) is 12.3 Å². The molecule has 12 nitrogen and oxygen atoms in total. The molecule has 3 aliphatic rings. The molecule has 0 spiro atoms. The van der Waals surface area contributed by atoms with Gasteiger partial charge in [-0.05, 0) is 92.1 Å². The second-order valence-electron chi connectivity index (χ2n) is 15.0. The fraction of sp³-hybridized carbons (Fsp3) is 0.549. The van der Waals surface area contributed by atoms with Gasteiger partial charge < -0.3 is 60.0 Å². The highest BCUT2D eigenvalue weighted by atomic mass is 32.2. The Kier molecular flexibility index (Phi) is 35.4. The summed E-state index contributed by atoms with van der Waals surface area (Å²) in [5, 5.41) is 79.3. The highest BCUT2D eigenvalue weighted by Gasteiger charge is 2.50. The molecular formula is C51H82NO11PS. The first kappa shape index (κ1) is 62.1. The molecule has 12 atom stereocenters. The maximum Gasteiger partial charge on any atom is 0.187 e. The van der Waals surface area contributed by atoms with Gasteiger partial charge in [0.15, 0.2) is 6.29 Å². The third-order valence-electron chi connectivity index (χ3n) is 10.1. The highest BCUT2D eigenvalue weighted by molar-refractivity contribution is 7.98. The summed E-state index contributed by atoms with van der Waals surface area (Å²) in [7, 11) is 2.62. The summed E-state index contributed by atoms with van der Waals surface area (Å²) >= 11 is 1.40. The van der Waals surface area contributed by atoms with Crippen LogP contribution in [0.25, 0.3) is 0 Å². The van der Waals surface area contributed by atoms with E-state index in [1.807, 2.05) is 70.2 Å². The number of allylic oxidation sites excluding steroid dienone is 7. The van der Waals surface area contributed by atoms with Gasteiger partial charge in [0.05, 0.1) is 25.4 Å². The van der Waals surface area contributed by atoms with Crippen LogP contribution in [0.4, 0.5) is 5.69 Å². The van der Waals surface area contributed by atoms with Crippen LogP contribution in [-0.4, -0.2) is 140 Å². The smallest absolute Gasteiger partial charge is 0.187 e. The van der Waals surface area contributed by atoms with Gasteiger partial charge >= 0.3 is 0 Å². The van der Waals surface area contributed by atoms with Crippen molar-refractivity contribution >= 4 is 32.0 Å². The Morgan fingerprint density at radius 2 is 1.48 bits per heavy atom. The molecule has 65 heavy (non-hydrogen) atoms. The number of benzene rings is 2. The van der Waals surface area contributed by atoms with Gasteiger partial charge in [0.1, 0.15) is 48.8 Å². The maximum atomic E-state index is 10.3. The quantitative estimate of drug-likeness (QED) is 0.0596. The molecule has 2 aromatic carbocycles. The van der Waals surface area contributed by atoms with Crippen molar-refractivity contribution in [2.24, 2.45) is 0 Å². The first-order valence-corrected chi connectivity index (χ1v) is 24.6. The van der Waals surface area contributed by atoms with Crippen molar-refractivity contribution in [3.8, 4) is 0 Å². The van der Waals surface area contributed by atoms with Crippen LogP contribution in [0.15, 0.2) is 121 Å². The SMILES string of the molecule is C=C(C=C=C/C(C)=C\C)CC.C=C/C=C\CC.CC.CCC(O)c1ccc(P)cc1.CSCC1OC(CO)C(OC2OC(CO)C(O)C(O)C2O)C(O)C1O.c1ccc(N2CCC2)cc1. The summed E-state index contributed by atoms with van der Waals surface area (Å²) in [6.45, 7) is 22.9. The van der Waals surface area contributed by atoms with Gasteiger partial charge in [-0.2, -0.15) is 11.8 Å². The molecule has 5 rings (SSSR count). The van der Waals surface area contributed by atoms with Crippen molar-refractivity contribution in [3.63, 3.8) is 0 Å². The Balaban J connectivity index is 0.000000857. The summed E-state index contributed by atoms with van der Waals surface area (Å²) in [5.74, 6) is 0.390. The Bertz CT molecular complexity index is 1650.